The molecule has 102 valence electrons. The van der Waals surface area contributed by atoms with Crippen LogP contribution in [0.2, 0.25) is 0 Å². The van der Waals surface area contributed by atoms with Crippen molar-refractivity contribution < 1.29 is 5.11 Å². The van der Waals surface area contributed by atoms with E-state index in [0.717, 1.165) is 39.3 Å². The lowest BCUT2D eigenvalue weighted by Crippen LogP contribution is -2.35. The average Bonchev–Trinajstić information content (AvgIpc) is 2.53. The molecule has 0 aromatic heterocycles. The summed E-state index contributed by atoms with van der Waals surface area (Å²) in [4.78, 5) is 4.89. The van der Waals surface area contributed by atoms with Gasteiger partial charge in [0.15, 0.2) is 0 Å². The van der Waals surface area contributed by atoms with Crippen molar-refractivity contribution in [3.8, 4) is 0 Å². The van der Waals surface area contributed by atoms with E-state index in [1.807, 2.05) is 0 Å². The smallest absolute Gasteiger partial charge is 0.0558 e. The molecule has 0 unspecified atom stereocenters. The van der Waals surface area contributed by atoms with Gasteiger partial charge in [0, 0.05) is 19.6 Å². The highest BCUT2D eigenvalue weighted by atomic mass is 16.3. The fraction of sp³-hybridized carbons (Fsp3) is 1.00. The fourth-order valence-electron chi connectivity index (χ4n) is 2.18. The van der Waals surface area contributed by atoms with Gasteiger partial charge in [0.05, 0.1) is 6.61 Å². The third-order valence-corrected chi connectivity index (χ3v) is 3.75. The molecule has 4 heteroatoms. The number of aliphatic hydroxyl groups is 1. The van der Waals surface area contributed by atoms with Crippen LogP contribution in [-0.4, -0.2) is 67.3 Å². The molecule has 0 aromatic carbocycles. The Balaban J connectivity index is 2.27. The number of nitrogens with two attached hydrogens (primary N) is 1. The number of hydrogen-bond donors (Lipinski definition) is 2. The van der Waals surface area contributed by atoms with Gasteiger partial charge >= 0.3 is 0 Å². The Morgan fingerprint density at radius 1 is 1.06 bits per heavy atom. The van der Waals surface area contributed by atoms with Crippen LogP contribution in [0.1, 0.15) is 26.7 Å². The van der Waals surface area contributed by atoms with Gasteiger partial charge in [-0.2, -0.15) is 0 Å². The maximum absolute atomic E-state index is 8.95. The minimum absolute atomic E-state index is 0.261. The number of rotatable bonds is 6. The molecule has 0 amide bonds. The molecule has 1 heterocycles. The SMILES string of the molecule is CC(C)(CN)CCN1CCCN(CCO)CC1. The van der Waals surface area contributed by atoms with Gasteiger partial charge in [-0.05, 0) is 44.4 Å². The maximum atomic E-state index is 8.95. The van der Waals surface area contributed by atoms with E-state index in [9.17, 15) is 0 Å². The molecule has 1 aliphatic heterocycles. The third-order valence-electron chi connectivity index (χ3n) is 3.75. The van der Waals surface area contributed by atoms with Gasteiger partial charge in [-0.25, -0.2) is 0 Å². The van der Waals surface area contributed by atoms with E-state index in [-0.39, 0.29) is 12.0 Å². The molecule has 1 aliphatic rings. The Morgan fingerprint density at radius 3 is 2.18 bits per heavy atom. The first kappa shape index (κ1) is 14.9. The highest BCUT2D eigenvalue weighted by Crippen LogP contribution is 2.18. The summed E-state index contributed by atoms with van der Waals surface area (Å²) in [5, 5.41) is 8.95. The van der Waals surface area contributed by atoms with E-state index >= 15 is 0 Å². The van der Waals surface area contributed by atoms with E-state index in [4.69, 9.17) is 10.8 Å². The van der Waals surface area contributed by atoms with Crippen molar-refractivity contribution >= 4 is 0 Å². The molecule has 17 heavy (non-hydrogen) atoms. The summed E-state index contributed by atoms with van der Waals surface area (Å²) in [7, 11) is 0. The number of aliphatic hydroxyl groups excluding tert-OH is 1. The molecule has 0 spiro atoms. The Bertz CT molecular complexity index is 209. The summed E-state index contributed by atoms with van der Waals surface area (Å²) in [5.74, 6) is 0. The van der Waals surface area contributed by atoms with Crippen LogP contribution in [-0.2, 0) is 0 Å². The van der Waals surface area contributed by atoms with Crippen LogP contribution in [0.4, 0.5) is 0 Å². The Morgan fingerprint density at radius 2 is 1.65 bits per heavy atom. The molecular formula is C13H29N3O. The van der Waals surface area contributed by atoms with Gasteiger partial charge in [-0.1, -0.05) is 13.8 Å². The molecule has 0 saturated carbocycles. The molecule has 0 bridgehead atoms. The lowest BCUT2D eigenvalue weighted by molar-refractivity contribution is 0.191. The van der Waals surface area contributed by atoms with E-state index in [2.05, 4.69) is 23.6 Å². The second kappa shape index (κ2) is 7.31. The van der Waals surface area contributed by atoms with Crippen LogP contribution in [0.5, 0.6) is 0 Å². The molecule has 1 fully saturated rings. The van der Waals surface area contributed by atoms with Crippen molar-refractivity contribution in [3.63, 3.8) is 0 Å². The maximum Gasteiger partial charge on any atom is 0.0558 e. The summed E-state index contributed by atoms with van der Waals surface area (Å²) in [6.45, 7) is 12.0. The number of β-amino-alcohol motifs (C(OH)–C–C–N with tert-alkyl or cyclic N) is 1. The van der Waals surface area contributed by atoms with Crippen molar-refractivity contribution in [1.82, 2.24) is 9.80 Å². The number of nitrogens with zero attached hydrogens (tertiary/aromatic N) is 2. The highest BCUT2D eigenvalue weighted by Gasteiger charge is 2.19. The van der Waals surface area contributed by atoms with Crippen LogP contribution < -0.4 is 5.73 Å². The van der Waals surface area contributed by atoms with Gasteiger partial charge in [0.2, 0.25) is 0 Å². The summed E-state index contributed by atoms with van der Waals surface area (Å²) in [6.07, 6.45) is 2.38. The summed E-state index contributed by atoms with van der Waals surface area (Å²) < 4.78 is 0. The van der Waals surface area contributed by atoms with E-state index < -0.39 is 0 Å². The van der Waals surface area contributed by atoms with Gasteiger partial charge in [-0.3, -0.25) is 4.90 Å². The lowest BCUT2D eigenvalue weighted by atomic mass is 9.89. The van der Waals surface area contributed by atoms with Gasteiger partial charge in [-0.15, -0.1) is 0 Å². The largest absolute Gasteiger partial charge is 0.395 e. The molecule has 0 atom stereocenters. The fourth-order valence-corrected chi connectivity index (χ4v) is 2.18. The summed E-state index contributed by atoms with van der Waals surface area (Å²) in [5.41, 5.74) is 6.02. The lowest BCUT2D eigenvalue weighted by Gasteiger charge is -2.27. The first-order chi connectivity index (χ1) is 8.07. The van der Waals surface area contributed by atoms with Crippen LogP contribution in [0, 0.1) is 5.41 Å². The van der Waals surface area contributed by atoms with Crippen LogP contribution >= 0.6 is 0 Å². The molecule has 4 nitrogen and oxygen atoms in total. The zero-order valence-corrected chi connectivity index (χ0v) is 11.5. The van der Waals surface area contributed by atoms with Gasteiger partial charge < -0.3 is 15.7 Å². The minimum Gasteiger partial charge on any atom is -0.395 e. The van der Waals surface area contributed by atoms with Crippen molar-refractivity contribution in [1.29, 1.82) is 0 Å². The Kier molecular flexibility index (Phi) is 6.41. The minimum atomic E-state index is 0.261. The zero-order chi connectivity index (χ0) is 12.7. The monoisotopic (exact) mass is 243 g/mol. The predicted molar refractivity (Wildman–Crippen MR) is 72.0 cm³/mol. The molecule has 0 aliphatic carbocycles. The molecule has 0 aromatic rings. The predicted octanol–water partition coefficient (Wildman–Crippen LogP) is 0.361. The molecule has 3 N–H and O–H groups in total. The second-order valence-electron chi connectivity index (χ2n) is 5.88. The average molecular weight is 243 g/mol. The Labute approximate surface area is 106 Å². The van der Waals surface area contributed by atoms with Crippen molar-refractivity contribution in [3.05, 3.63) is 0 Å². The molecular weight excluding hydrogens is 214 g/mol. The normalized spacial score (nSPS) is 20.5. The quantitative estimate of drug-likeness (QED) is 0.707. The second-order valence-corrected chi connectivity index (χ2v) is 5.88. The van der Waals surface area contributed by atoms with Crippen LogP contribution in [0.3, 0.4) is 0 Å². The molecule has 0 radical (unpaired) electrons. The first-order valence-corrected chi connectivity index (χ1v) is 6.83. The summed E-state index contributed by atoms with van der Waals surface area (Å²) >= 11 is 0. The Hall–Kier alpha value is -0.160. The van der Waals surface area contributed by atoms with Crippen molar-refractivity contribution in [2.24, 2.45) is 11.1 Å². The topological polar surface area (TPSA) is 52.7 Å². The highest BCUT2D eigenvalue weighted by molar-refractivity contribution is 4.74. The summed E-state index contributed by atoms with van der Waals surface area (Å²) in [6, 6.07) is 0. The van der Waals surface area contributed by atoms with Crippen molar-refractivity contribution in [2.75, 3.05) is 52.4 Å². The zero-order valence-electron chi connectivity index (χ0n) is 11.5. The van der Waals surface area contributed by atoms with Crippen LogP contribution in [0.15, 0.2) is 0 Å². The third kappa shape index (κ3) is 5.82. The first-order valence-electron chi connectivity index (χ1n) is 6.83. The van der Waals surface area contributed by atoms with E-state index in [0.29, 0.717) is 0 Å². The van der Waals surface area contributed by atoms with E-state index in [1.165, 1.54) is 19.4 Å². The van der Waals surface area contributed by atoms with Crippen molar-refractivity contribution in [2.45, 2.75) is 26.7 Å². The molecule has 1 saturated heterocycles. The number of hydrogen-bond acceptors (Lipinski definition) is 4. The van der Waals surface area contributed by atoms with E-state index in [1.54, 1.807) is 0 Å². The molecule has 1 rings (SSSR count). The standard InChI is InChI=1S/C13H29N3O/c1-13(2,12-14)4-7-15-5-3-6-16(9-8-15)10-11-17/h17H,3-12,14H2,1-2H3. The van der Waals surface area contributed by atoms with Gasteiger partial charge in [0.1, 0.15) is 0 Å². The van der Waals surface area contributed by atoms with Gasteiger partial charge in [0.25, 0.3) is 0 Å². The van der Waals surface area contributed by atoms with Crippen LogP contribution in [0.25, 0.3) is 0 Å².